The summed E-state index contributed by atoms with van der Waals surface area (Å²) in [5, 5.41) is 14.0. The quantitative estimate of drug-likeness (QED) is 0.512. The number of nitrogens with one attached hydrogen (secondary N) is 1. The number of nitro groups is 1. The minimum atomic E-state index is -0.536. The summed E-state index contributed by atoms with van der Waals surface area (Å²) in [6, 6.07) is 3.84. The maximum absolute atomic E-state index is 11.9. The van der Waals surface area contributed by atoms with E-state index in [1.807, 2.05) is 6.92 Å². The van der Waals surface area contributed by atoms with Crippen molar-refractivity contribution >= 4 is 27.5 Å². The van der Waals surface area contributed by atoms with Crippen molar-refractivity contribution in [3.8, 4) is 5.75 Å². The first kappa shape index (κ1) is 14.4. The molecule has 1 N–H and O–H groups in total. The molecule has 7 heteroatoms. The first-order valence-electron chi connectivity index (χ1n) is 5.18. The molecule has 0 fully saturated rings. The second-order valence-electron chi connectivity index (χ2n) is 3.67. The molecule has 0 bridgehead atoms. The standard InChI is InChI=1S/C11H13BrN2O4/c1-7(6-12)13-11(15)9-4-3-8(14(16)17)5-10(9)18-2/h3-5,7H,6H2,1-2H3,(H,13,15). The van der Waals surface area contributed by atoms with Crippen LogP contribution in [0, 0.1) is 10.1 Å². The molecule has 1 aromatic carbocycles. The highest BCUT2D eigenvalue weighted by Crippen LogP contribution is 2.24. The Balaban J connectivity index is 3.02. The third-order valence-corrected chi connectivity index (χ3v) is 3.22. The number of nitro benzene ring substituents is 1. The largest absolute Gasteiger partial charge is 0.496 e. The number of methoxy groups -OCH3 is 1. The van der Waals surface area contributed by atoms with Gasteiger partial charge < -0.3 is 10.1 Å². The van der Waals surface area contributed by atoms with Gasteiger partial charge in [-0.1, -0.05) is 15.9 Å². The monoisotopic (exact) mass is 316 g/mol. The average molecular weight is 317 g/mol. The number of nitrogens with zero attached hydrogens (tertiary/aromatic N) is 1. The lowest BCUT2D eigenvalue weighted by Crippen LogP contribution is -2.33. The molecule has 1 rings (SSSR count). The molecule has 1 aromatic rings. The number of hydrogen-bond acceptors (Lipinski definition) is 4. The van der Waals surface area contributed by atoms with Crippen molar-refractivity contribution in [2.45, 2.75) is 13.0 Å². The Hall–Kier alpha value is -1.63. The number of hydrogen-bond donors (Lipinski definition) is 1. The fourth-order valence-electron chi connectivity index (χ4n) is 1.32. The van der Waals surface area contributed by atoms with E-state index < -0.39 is 4.92 Å². The first-order chi connectivity index (χ1) is 8.49. The summed E-state index contributed by atoms with van der Waals surface area (Å²) < 4.78 is 5.00. The third-order valence-electron chi connectivity index (χ3n) is 2.25. The molecule has 0 aliphatic heterocycles. The molecule has 0 radical (unpaired) electrons. The Kier molecular flexibility index (Phi) is 5.08. The predicted octanol–water partition coefficient (Wildman–Crippen LogP) is 2.12. The van der Waals surface area contributed by atoms with Gasteiger partial charge in [0.15, 0.2) is 0 Å². The van der Waals surface area contributed by atoms with E-state index in [1.54, 1.807) is 0 Å². The summed E-state index contributed by atoms with van der Waals surface area (Å²) in [4.78, 5) is 22.0. The van der Waals surface area contributed by atoms with Crippen LogP contribution in [0.25, 0.3) is 0 Å². The third kappa shape index (κ3) is 3.43. The predicted molar refractivity (Wildman–Crippen MR) is 70.4 cm³/mol. The van der Waals surface area contributed by atoms with Crippen LogP contribution < -0.4 is 10.1 Å². The second kappa shape index (κ2) is 6.34. The topological polar surface area (TPSA) is 81.5 Å². The number of carbonyl (C=O) groups is 1. The van der Waals surface area contributed by atoms with E-state index in [-0.39, 0.29) is 28.9 Å². The molecule has 1 atom stereocenters. The number of halogens is 1. The van der Waals surface area contributed by atoms with Crippen LogP contribution in [-0.2, 0) is 0 Å². The lowest BCUT2D eigenvalue weighted by atomic mass is 10.1. The number of benzene rings is 1. The van der Waals surface area contributed by atoms with E-state index in [9.17, 15) is 14.9 Å². The van der Waals surface area contributed by atoms with Crippen LogP contribution in [0.1, 0.15) is 17.3 Å². The molecule has 0 heterocycles. The Morgan fingerprint density at radius 1 is 1.61 bits per heavy atom. The van der Waals surface area contributed by atoms with Gasteiger partial charge in [0.05, 0.1) is 23.7 Å². The van der Waals surface area contributed by atoms with Crippen LogP contribution >= 0.6 is 15.9 Å². The van der Waals surface area contributed by atoms with Gasteiger partial charge in [-0.15, -0.1) is 0 Å². The van der Waals surface area contributed by atoms with Gasteiger partial charge in [-0.3, -0.25) is 14.9 Å². The molecule has 18 heavy (non-hydrogen) atoms. The van der Waals surface area contributed by atoms with Gasteiger partial charge in [0.1, 0.15) is 5.75 Å². The van der Waals surface area contributed by atoms with Crippen molar-refractivity contribution in [2.75, 3.05) is 12.4 Å². The fraction of sp³-hybridized carbons (Fsp3) is 0.364. The SMILES string of the molecule is COc1cc([N+](=O)[O-])ccc1C(=O)NC(C)CBr. The van der Waals surface area contributed by atoms with Crippen LogP contribution in [-0.4, -0.2) is 29.3 Å². The van der Waals surface area contributed by atoms with Gasteiger partial charge >= 0.3 is 0 Å². The Morgan fingerprint density at radius 3 is 2.78 bits per heavy atom. The number of carbonyl (C=O) groups excluding carboxylic acids is 1. The van der Waals surface area contributed by atoms with E-state index in [0.29, 0.717) is 5.33 Å². The molecule has 0 saturated heterocycles. The van der Waals surface area contributed by atoms with Crippen molar-refractivity contribution in [1.29, 1.82) is 0 Å². The Labute approximate surface area is 113 Å². The molecule has 98 valence electrons. The molecule has 6 nitrogen and oxygen atoms in total. The molecule has 0 spiro atoms. The summed E-state index contributed by atoms with van der Waals surface area (Å²) in [7, 11) is 1.36. The van der Waals surface area contributed by atoms with Gasteiger partial charge in [0.25, 0.3) is 11.6 Å². The summed E-state index contributed by atoms with van der Waals surface area (Å²) in [5.74, 6) is -0.142. The van der Waals surface area contributed by atoms with Gasteiger partial charge in [-0.05, 0) is 13.0 Å². The highest BCUT2D eigenvalue weighted by atomic mass is 79.9. The molecular weight excluding hydrogens is 304 g/mol. The van der Waals surface area contributed by atoms with Crippen molar-refractivity contribution in [3.63, 3.8) is 0 Å². The van der Waals surface area contributed by atoms with Gasteiger partial charge in [0.2, 0.25) is 0 Å². The number of rotatable bonds is 5. The molecule has 0 aliphatic carbocycles. The number of alkyl halides is 1. The molecule has 0 aliphatic rings. The summed E-state index contributed by atoms with van der Waals surface area (Å²) in [5.41, 5.74) is 0.160. The number of amides is 1. The van der Waals surface area contributed by atoms with E-state index in [1.165, 1.54) is 25.3 Å². The highest BCUT2D eigenvalue weighted by molar-refractivity contribution is 9.09. The summed E-state index contributed by atoms with van der Waals surface area (Å²) in [6.45, 7) is 1.84. The molecule has 0 saturated carbocycles. The van der Waals surface area contributed by atoms with Crippen molar-refractivity contribution in [3.05, 3.63) is 33.9 Å². The number of ether oxygens (including phenoxy) is 1. The van der Waals surface area contributed by atoms with Crippen molar-refractivity contribution < 1.29 is 14.5 Å². The van der Waals surface area contributed by atoms with Crippen molar-refractivity contribution in [2.24, 2.45) is 0 Å². The zero-order valence-corrected chi connectivity index (χ0v) is 11.6. The van der Waals surface area contributed by atoms with E-state index in [2.05, 4.69) is 21.2 Å². The van der Waals surface area contributed by atoms with Crippen LogP contribution in [0.5, 0.6) is 5.75 Å². The zero-order chi connectivity index (χ0) is 13.7. The Morgan fingerprint density at radius 2 is 2.28 bits per heavy atom. The van der Waals surface area contributed by atoms with Crippen LogP contribution in [0.2, 0.25) is 0 Å². The maximum Gasteiger partial charge on any atom is 0.273 e. The Bertz CT molecular complexity index is 464. The molecular formula is C11H13BrN2O4. The van der Waals surface area contributed by atoms with Gasteiger partial charge in [-0.2, -0.15) is 0 Å². The smallest absolute Gasteiger partial charge is 0.273 e. The van der Waals surface area contributed by atoms with Crippen molar-refractivity contribution in [1.82, 2.24) is 5.32 Å². The normalized spacial score (nSPS) is 11.7. The minimum absolute atomic E-state index is 0.0441. The average Bonchev–Trinajstić information content (AvgIpc) is 2.37. The molecule has 0 aromatic heterocycles. The van der Waals surface area contributed by atoms with E-state index in [4.69, 9.17) is 4.74 Å². The molecule has 1 unspecified atom stereocenters. The van der Waals surface area contributed by atoms with Gasteiger partial charge in [-0.25, -0.2) is 0 Å². The lowest BCUT2D eigenvalue weighted by Gasteiger charge is -2.12. The fourth-order valence-corrected chi connectivity index (χ4v) is 1.48. The maximum atomic E-state index is 11.9. The van der Waals surface area contributed by atoms with Gasteiger partial charge in [0, 0.05) is 17.4 Å². The van der Waals surface area contributed by atoms with Crippen LogP contribution in [0.3, 0.4) is 0 Å². The first-order valence-corrected chi connectivity index (χ1v) is 6.31. The second-order valence-corrected chi connectivity index (χ2v) is 4.32. The van der Waals surface area contributed by atoms with Crippen LogP contribution in [0.4, 0.5) is 5.69 Å². The van der Waals surface area contributed by atoms with Crippen LogP contribution in [0.15, 0.2) is 18.2 Å². The number of non-ortho nitro benzene ring substituents is 1. The van der Waals surface area contributed by atoms with E-state index in [0.717, 1.165) is 0 Å². The lowest BCUT2D eigenvalue weighted by molar-refractivity contribution is -0.384. The summed E-state index contributed by atoms with van der Waals surface area (Å²) in [6.07, 6.45) is 0. The summed E-state index contributed by atoms with van der Waals surface area (Å²) >= 11 is 3.25. The van der Waals surface area contributed by atoms with E-state index >= 15 is 0 Å². The zero-order valence-electron chi connectivity index (χ0n) is 9.97. The minimum Gasteiger partial charge on any atom is -0.496 e. The highest BCUT2D eigenvalue weighted by Gasteiger charge is 2.17. The molecule has 1 amide bonds.